The standard InChI is InChI=1S/C15H25N3O2/c1-4-9-17-14(15(16)19)8-10-18(2)12-6-5-7-13(11-12)20-3/h5-7,11,14,17H,4,8-10H2,1-3H3,(H2,16,19). The van der Waals surface area contributed by atoms with Crippen LogP contribution in [0.15, 0.2) is 24.3 Å². The van der Waals surface area contributed by atoms with Gasteiger partial charge in [0.05, 0.1) is 13.2 Å². The molecule has 5 nitrogen and oxygen atoms in total. The van der Waals surface area contributed by atoms with E-state index >= 15 is 0 Å². The van der Waals surface area contributed by atoms with Crippen LogP contribution in [0.3, 0.4) is 0 Å². The van der Waals surface area contributed by atoms with E-state index in [9.17, 15) is 4.79 Å². The molecule has 0 aliphatic carbocycles. The highest BCUT2D eigenvalue weighted by molar-refractivity contribution is 5.79. The largest absolute Gasteiger partial charge is 0.497 e. The van der Waals surface area contributed by atoms with Crippen molar-refractivity contribution < 1.29 is 9.53 Å². The van der Waals surface area contributed by atoms with E-state index in [0.717, 1.165) is 30.9 Å². The van der Waals surface area contributed by atoms with Gasteiger partial charge in [-0.1, -0.05) is 13.0 Å². The minimum atomic E-state index is -0.294. The molecule has 0 saturated carbocycles. The van der Waals surface area contributed by atoms with E-state index in [0.29, 0.717) is 6.42 Å². The first-order chi connectivity index (χ1) is 9.58. The van der Waals surface area contributed by atoms with Gasteiger partial charge in [0, 0.05) is 25.3 Å². The van der Waals surface area contributed by atoms with Crippen LogP contribution in [-0.4, -0.2) is 39.2 Å². The Morgan fingerprint density at radius 2 is 2.25 bits per heavy atom. The van der Waals surface area contributed by atoms with Gasteiger partial charge >= 0.3 is 0 Å². The fourth-order valence-corrected chi connectivity index (χ4v) is 1.96. The third kappa shape index (κ3) is 5.09. The molecule has 1 aromatic carbocycles. The van der Waals surface area contributed by atoms with Crippen molar-refractivity contribution in [1.82, 2.24) is 5.32 Å². The summed E-state index contributed by atoms with van der Waals surface area (Å²) in [5.74, 6) is 0.530. The van der Waals surface area contributed by atoms with Crippen LogP contribution in [0, 0.1) is 0 Å². The molecular weight excluding hydrogens is 254 g/mol. The predicted octanol–water partition coefficient (Wildman–Crippen LogP) is 1.38. The molecule has 20 heavy (non-hydrogen) atoms. The lowest BCUT2D eigenvalue weighted by Gasteiger charge is -2.23. The Morgan fingerprint density at radius 3 is 2.85 bits per heavy atom. The third-order valence-electron chi connectivity index (χ3n) is 3.23. The molecule has 112 valence electrons. The molecule has 1 rings (SSSR count). The van der Waals surface area contributed by atoms with E-state index in [4.69, 9.17) is 10.5 Å². The Hall–Kier alpha value is -1.75. The molecule has 1 amide bonds. The maximum Gasteiger partial charge on any atom is 0.234 e. The molecular formula is C15H25N3O2. The molecule has 1 atom stereocenters. The van der Waals surface area contributed by atoms with Crippen LogP contribution in [0.25, 0.3) is 0 Å². The number of nitrogens with two attached hydrogens (primary N) is 1. The van der Waals surface area contributed by atoms with Gasteiger partial charge in [-0.05, 0) is 31.5 Å². The SMILES string of the molecule is CCCNC(CCN(C)c1cccc(OC)c1)C(N)=O. The number of anilines is 1. The van der Waals surface area contributed by atoms with Crippen molar-refractivity contribution in [2.75, 3.05) is 32.1 Å². The molecule has 0 aromatic heterocycles. The van der Waals surface area contributed by atoms with Crippen LogP contribution in [0.2, 0.25) is 0 Å². The number of primary amides is 1. The number of rotatable bonds is 9. The fraction of sp³-hybridized carbons (Fsp3) is 0.533. The molecule has 0 aliphatic heterocycles. The van der Waals surface area contributed by atoms with Gasteiger partial charge in [0.25, 0.3) is 0 Å². The molecule has 3 N–H and O–H groups in total. The summed E-state index contributed by atoms with van der Waals surface area (Å²) in [5, 5.41) is 3.17. The second-order valence-corrected chi connectivity index (χ2v) is 4.82. The highest BCUT2D eigenvalue weighted by Gasteiger charge is 2.15. The second-order valence-electron chi connectivity index (χ2n) is 4.82. The molecule has 0 radical (unpaired) electrons. The van der Waals surface area contributed by atoms with Gasteiger partial charge in [0.15, 0.2) is 0 Å². The molecule has 0 bridgehead atoms. The second kappa shape index (κ2) is 8.43. The lowest BCUT2D eigenvalue weighted by atomic mass is 10.1. The third-order valence-corrected chi connectivity index (χ3v) is 3.23. The molecule has 5 heteroatoms. The zero-order valence-electron chi connectivity index (χ0n) is 12.6. The summed E-state index contributed by atoms with van der Waals surface area (Å²) in [5.41, 5.74) is 6.47. The maximum absolute atomic E-state index is 11.4. The topological polar surface area (TPSA) is 67.6 Å². The van der Waals surface area contributed by atoms with Crippen LogP contribution >= 0.6 is 0 Å². The van der Waals surface area contributed by atoms with Gasteiger partial charge in [-0.25, -0.2) is 0 Å². The maximum atomic E-state index is 11.4. The van der Waals surface area contributed by atoms with Crippen molar-refractivity contribution in [3.05, 3.63) is 24.3 Å². The lowest BCUT2D eigenvalue weighted by molar-refractivity contribution is -0.120. The Kier molecular flexibility index (Phi) is 6.87. The molecule has 1 unspecified atom stereocenters. The monoisotopic (exact) mass is 279 g/mol. The van der Waals surface area contributed by atoms with Crippen molar-refractivity contribution in [3.8, 4) is 5.75 Å². The predicted molar refractivity (Wildman–Crippen MR) is 82.2 cm³/mol. The van der Waals surface area contributed by atoms with E-state index in [1.54, 1.807) is 7.11 Å². The Balaban J connectivity index is 2.55. The molecule has 0 fully saturated rings. The number of hydrogen-bond donors (Lipinski definition) is 2. The van der Waals surface area contributed by atoms with Gasteiger partial charge < -0.3 is 20.7 Å². The molecule has 0 heterocycles. The van der Waals surface area contributed by atoms with Crippen LogP contribution in [-0.2, 0) is 4.79 Å². The van der Waals surface area contributed by atoms with E-state index in [2.05, 4.69) is 17.1 Å². The number of carbonyl (C=O) groups excluding carboxylic acids is 1. The number of methoxy groups -OCH3 is 1. The molecule has 0 spiro atoms. The van der Waals surface area contributed by atoms with Gasteiger partial charge in [-0.15, -0.1) is 0 Å². The smallest absolute Gasteiger partial charge is 0.234 e. The number of ether oxygens (including phenoxy) is 1. The van der Waals surface area contributed by atoms with E-state index < -0.39 is 0 Å². The van der Waals surface area contributed by atoms with Crippen molar-refractivity contribution in [1.29, 1.82) is 0 Å². The van der Waals surface area contributed by atoms with Crippen LogP contribution in [0.4, 0.5) is 5.69 Å². The summed E-state index contributed by atoms with van der Waals surface area (Å²) in [6.07, 6.45) is 1.67. The Labute approximate surface area is 121 Å². The Bertz CT molecular complexity index is 423. The van der Waals surface area contributed by atoms with E-state index in [1.165, 1.54) is 0 Å². The van der Waals surface area contributed by atoms with Gasteiger partial charge in [0.2, 0.25) is 5.91 Å². The van der Waals surface area contributed by atoms with Crippen LogP contribution < -0.4 is 20.7 Å². The zero-order valence-corrected chi connectivity index (χ0v) is 12.6. The quantitative estimate of drug-likeness (QED) is 0.716. The van der Waals surface area contributed by atoms with Crippen molar-refractivity contribution in [3.63, 3.8) is 0 Å². The molecule has 1 aromatic rings. The highest BCUT2D eigenvalue weighted by atomic mass is 16.5. The van der Waals surface area contributed by atoms with Crippen LogP contribution in [0.5, 0.6) is 5.75 Å². The average Bonchev–Trinajstić information content (AvgIpc) is 2.46. The number of nitrogens with one attached hydrogen (secondary N) is 1. The number of carbonyl (C=O) groups is 1. The average molecular weight is 279 g/mol. The van der Waals surface area contributed by atoms with Crippen molar-refractivity contribution in [2.45, 2.75) is 25.8 Å². The summed E-state index contributed by atoms with van der Waals surface area (Å²) in [4.78, 5) is 13.5. The zero-order chi connectivity index (χ0) is 15.0. The molecule has 0 saturated heterocycles. The number of hydrogen-bond acceptors (Lipinski definition) is 4. The first kappa shape index (κ1) is 16.3. The van der Waals surface area contributed by atoms with Crippen LogP contribution in [0.1, 0.15) is 19.8 Å². The summed E-state index contributed by atoms with van der Waals surface area (Å²) in [7, 11) is 3.64. The van der Waals surface area contributed by atoms with Gasteiger partial charge in [-0.2, -0.15) is 0 Å². The number of nitrogens with zero attached hydrogens (tertiary/aromatic N) is 1. The lowest BCUT2D eigenvalue weighted by Crippen LogP contribution is -2.43. The summed E-state index contributed by atoms with van der Waals surface area (Å²) >= 11 is 0. The van der Waals surface area contributed by atoms with Crippen molar-refractivity contribution in [2.24, 2.45) is 5.73 Å². The summed E-state index contributed by atoms with van der Waals surface area (Å²) < 4.78 is 5.21. The summed E-state index contributed by atoms with van der Waals surface area (Å²) in [6, 6.07) is 7.57. The van der Waals surface area contributed by atoms with E-state index in [-0.39, 0.29) is 11.9 Å². The number of amides is 1. The van der Waals surface area contributed by atoms with Gasteiger partial charge in [0.1, 0.15) is 5.75 Å². The first-order valence-electron chi connectivity index (χ1n) is 6.96. The normalized spacial score (nSPS) is 11.9. The Morgan fingerprint density at radius 1 is 1.50 bits per heavy atom. The highest BCUT2D eigenvalue weighted by Crippen LogP contribution is 2.20. The number of benzene rings is 1. The summed E-state index contributed by atoms with van der Waals surface area (Å²) in [6.45, 7) is 3.61. The van der Waals surface area contributed by atoms with Crippen molar-refractivity contribution >= 4 is 11.6 Å². The first-order valence-corrected chi connectivity index (χ1v) is 6.96. The molecule has 0 aliphatic rings. The minimum Gasteiger partial charge on any atom is -0.497 e. The van der Waals surface area contributed by atoms with Gasteiger partial charge in [-0.3, -0.25) is 4.79 Å². The van der Waals surface area contributed by atoms with E-state index in [1.807, 2.05) is 31.3 Å². The minimum absolute atomic E-state index is 0.275. The fourth-order valence-electron chi connectivity index (χ4n) is 1.96.